The molecule has 1 aromatic carbocycles. The second-order valence-corrected chi connectivity index (χ2v) is 6.11. The topological polar surface area (TPSA) is 74.7 Å². The van der Waals surface area contributed by atoms with E-state index in [1.807, 2.05) is 30.3 Å². The maximum atomic E-state index is 12.5. The van der Waals surface area contributed by atoms with Crippen LogP contribution >= 0.6 is 0 Å². The summed E-state index contributed by atoms with van der Waals surface area (Å²) >= 11 is 0. The molecule has 4 unspecified atom stereocenters. The molecule has 1 aromatic rings. The van der Waals surface area contributed by atoms with Crippen LogP contribution in [0.3, 0.4) is 0 Å². The van der Waals surface area contributed by atoms with E-state index in [1.165, 1.54) is 11.8 Å². The van der Waals surface area contributed by atoms with E-state index in [0.29, 0.717) is 19.3 Å². The molecule has 116 valence electrons. The highest BCUT2D eigenvalue weighted by molar-refractivity contribution is 5.90. The highest BCUT2D eigenvalue weighted by Gasteiger charge is 2.56. The van der Waals surface area contributed by atoms with Gasteiger partial charge in [-0.3, -0.25) is 9.59 Å². The monoisotopic (exact) mass is 301 g/mol. The van der Waals surface area contributed by atoms with E-state index in [2.05, 4.69) is 0 Å². The first-order valence-electron chi connectivity index (χ1n) is 7.61. The molecule has 3 rings (SSSR count). The summed E-state index contributed by atoms with van der Waals surface area (Å²) in [5, 5.41) is 9.62. The van der Waals surface area contributed by atoms with Gasteiger partial charge in [0.15, 0.2) is 0 Å². The number of aliphatic carboxylic acids is 1. The average Bonchev–Trinajstić information content (AvgIpc) is 2.85. The minimum Gasteiger partial charge on any atom is -0.480 e. The number of hydrogen-bond acceptors (Lipinski definition) is 3. The van der Waals surface area contributed by atoms with E-state index >= 15 is 0 Å². The molecule has 1 saturated heterocycles. The van der Waals surface area contributed by atoms with Gasteiger partial charge in [0.05, 0.1) is 6.04 Å². The fraction of sp³-hybridized carbons (Fsp3) is 0.471. The lowest BCUT2D eigenvalue weighted by Gasteiger charge is -2.29. The Morgan fingerprint density at radius 2 is 1.91 bits per heavy atom. The van der Waals surface area contributed by atoms with Crippen LogP contribution in [0.5, 0.6) is 0 Å². The van der Waals surface area contributed by atoms with Crippen LogP contribution in [-0.4, -0.2) is 33.7 Å². The average molecular weight is 301 g/mol. The summed E-state index contributed by atoms with van der Waals surface area (Å²) in [6, 6.07) is 7.93. The number of amides is 1. The van der Waals surface area contributed by atoms with Gasteiger partial charge in [0.2, 0.25) is 5.91 Å². The molecule has 1 aliphatic carbocycles. The van der Waals surface area contributed by atoms with Gasteiger partial charge in [-0.2, -0.15) is 0 Å². The number of carboxylic acids is 1. The quantitative estimate of drug-likeness (QED) is 0.907. The third-order valence-electron chi connectivity index (χ3n) is 4.90. The number of carboxylic acid groups (broad SMARTS) is 1. The number of Topliss-reactive ketones (excluding diaryl/α,β-unsaturated/α-hetero) is 1. The van der Waals surface area contributed by atoms with Crippen molar-refractivity contribution in [2.75, 3.05) is 0 Å². The number of benzene rings is 1. The Hall–Kier alpha value is -2.17. The Kier molecular flexibility index (Phi) is 3.72. The van der Waals surface area contributed by atoms with Crippen molar-refractivity contribution in [3.63, 3.8) is 0 Å². The number of nitrogens with zero attached hydrogens (tertiary/aromatic N) is 1. The van der Waals surface area contributed by atoms with Crippen LogP contribution in [0.15, 0.2) is 30.3 Å². The fourth-order valence-corrected chi connectivity index (χ4v) is 4.13. The summed E-state index contributed by atoms with van der Waals surface area (Å²) in [6.45, 7) is 1.38. The first-order valence-corrected chi connectivity index (χ1v) is 7.61. The van der Waals surface area contributed by atoms with Gasteiger partial charge in [0.25, 0.3) is 0 Å². The minimum absolute atomic E-state index is 0.0834. The zero-order valence-corrected chi connectivity index (χ0v) is 12.4. The Bertz CT molecular complexity index is 612. The molecule has 1 N–H and O–H groups in total. The van der Waals surface area contributed by atoms with E-state index in [-0.39, 0.29) is 17.6 Å². The van der Waals surface area contributed by atoms with Crippen molar-refractivity contribution >= 4 is 17.7 Å². The maximum absolute atomic E-state index is 12.5. The van der Waals surface area contributed by atoms with Crippen LogP contribution in [0.1, 0.15) is 37.8 Å². The maximum Gasteiger partial charge on any atom is 0.326 e. The van der Waals surface area contributed by atoms with Gasteiger partial charge < -0.3 is 10.0 Å². The molecule has 5 nitrogen and oxygen atoms in total. The van der Waals surface area contributed by atoms with Crippen LogP contribution in [-0.2, 0) is 14.4 Å². The van der Waals surface area contributed by atoms with E-state index in [0.717, 1.165) is 5.56 Å². The van der Waals surface area contributed by atoms with E-state index in [4.69, 9.17) is 0 Å². The van der Waals surface area contributed by atoms with Crippen molar-refractivity contribution in [1.82, 2.24) is 4.90 Å². The molecule has 2 aliphatic rings. The SMILES string of the molecule is CC(=O)N1C(C(=O)O)C2CCCC(=O)C2C1c1ccccc1. The van der Waals surface area contributed by atoms with Crippen molar-refractivity contribution in [3.8, 4) is 0 Å². The van der Waals surface area contributed by atoms with Crippen LogP contribution in [0, 0.1) is 11.8 Å². The molecular formula is C17H19NO4. The Morgan fingerprint density at radius 3 is 2.50 bits per heavy atom. The third-order valence-corrected chi connectivity index (χ3v) is 4.90. The molecule has 0 radical (unpaired) electrons. The van der Waals surface area contributed by atoms with Gasteiger partial charge in [0, 0.05) is 25.2 Å². The van der Waals surface area contributed by atoms with E-state index in [9.17, 15) is 19.5 Å². The summed E-state index contributed by atoms with van der Waals surface area (Å²) in [4.78, 5) is 37.8. The van der Waals surface area contributed by atoms with Gasteiger partial charge in [-0.25, -0.2) is 4.79 Å². The molecule has 1 saturated carbocycles. The second kappa shape index (κ2) is 5.55. The lowest BCUT2D eigenvalue weighted by molar-refractivity contribution is -0.150. The molecule has 5 heteroatoms. The predicted octanol–water partition coefficient (Wildman–Crippen LogP) is 2.03. The molecule has 2 fully saturated rings. The molecule has 0 aromatic heterocycles. The summed E-state index contributed by atoms with van der Waals surface area (Å²) in [7, 11) is 0. The van der Waals surface area contributed by atoms with Gasteiger partial charge in [-0.05, 0) is 18.4 Å². The number of hydrogen-bond donors (Lipinski definition) is 1. The lowest BCUT2D eigenvalue weighted by Crippen LogP contribution is -2.43. The largest absolute Gasteiger partial charge is 0.480 e. The molecule has 22 heavy (non-hydrogen) atoms. The predicted molar refractivity (Wildman–Crippen MR) is 79.0 cm³/mol. The highest BCUT2D eigenvalue weighted by Crippen LogP contribution is 2.50. The van der Waals surface area contributed by atoms with Crippen molar-refractivity contribution in [2.45, 2.75) is 38.3 Å². The normalized spacial score (nSPS) is 31.0. The second-order valence-electron chi connectivity index (χ2n) is 6.11. The lowest BCUT2D eigenvalue weighted by atomic mass is 9.74. The first kappa shape index (κ1) is 14.8. The van der Waals surface area contributed by atoms with Crippen molar-refractivity contribution in [2.24, 2.45) is 11.8 Å². The van der Waals surface area contributed by atoms with Crippen LogP contribution in [0.2, 0.25) is 0 Å². The molecular weight excluding hydrogens is 282 g/mol. The summed E-state index contributed by atoms with van der Waals surface area (Å²) in [5.74, 6) is -1.91. The number of ketones is 1. The molecule has 0 bridgehead atoms. The minimum atomic E-state index is -1.02. The van der Waals surface area contributed by atoms with E-state index in [1.54, 1.807) is 0 Å². The van der Waals surface area contributed by atoms with Crippen LogP contribution in [0.4, 0.5) is 0 Å². The fourth-order valence-electron chi connectivity index (χ4n) is 4.13. The zero-order chi connectivity index (χ0) is 15.9. The van der Waals surface area contributed by atoms with Gasteiger partial charge in [-0.1, -0.05) is 30.3 Å². The molecule has 1 amide bonds. The number of likely N-dealkylation sites (tertiary alicyclic amines) is 1. The van der Waals surface area contributed by atoms with Crippen molar-refractivity contribution in [3.05, 3.63) is 35.9 Å². The van der Waals surface area contributed by atoms with Crippen LogP contribution < -0.4 is 0 Å². The Labute approximate surface area is 128 Å². The molecule has 1 heterocycles. The Morgan fingerprint density at radius 1 is 1.23 bits per heavy atom. The van der Waals surface area contributed by atoms with Gasteiger partial charge in [-0.15, -0.1) is 0 Å². The third kappa shape index (κ3) is 2.21. The standard InChI is InChI=1S/C17H19NO4/c1-10(19)18-15(11-6-3-2-4-7-11)14-12(16(18)17(21)22)8-5-9-13(14)20/h2-4,6-7,12,14-16H,5,8-9H2,1H3,(H,21,22). The smallest absolute Gasteiger partial charge is 0.326 e. The highest BCUT2D eigenvalue weighted by atomic mass is 16.4. The summed E-state index contributed by atoms with van der Waals surface area (Å²) in [5.41, 5.74) is 0.840. The van der Waals surface area contributed by atoms with Gasteiger partial charge in [0.1, 0.15) is 11.8 Å². The number of rotatable bonds is 2. The number of carbonyl (C=O) groups excluding carboxylic acids is 2. The van der Waals surface area contributed by atoms with Crippen molar-refractivity contribution < 1.29 is 19.5 Å². The summed E-state index contributed by atoms with van der Waals surface area (Å²) in [6.07, 6.45) is 1.86. The van der Waals surface area contributed by atoms with E-state index < -0.39 is 24.0 Å². The van der Waals surface area contributed by atoms with Gasteiger partial charge >= 0.3 is 5.97 Å². The molecule has 1 aliphatic heterocycles. The molecule has 0 spiro atoms. The molecule has 4 atom stereocenters. The first-order chi connectivity index (χ1) is 10.5. The number of fused-ring (bicyclic) bond motifs is 1. The van der Waals surface area contributed by atoms with Crippen LogP contribution in [0.25, 0.3) is 0 Å². The Balaban J connectivity index is 2.12. The van der Waals surface area contributed by atoms with Crippen molar-refractivity contribution in [1.29, 1.82) is 0 Å². The summed E-state index contributed by atoms with van der Waals surface area (Å²) < 4.78 is 0. The zero-order valence-electron chi connectivity index (χ0n) is 12.4. The number of carbonyl (C=O) groups is 3.